The monoisotopic (exact) mass is 214 g/mol. The van der Waals surface area contributed by atoms with Gasteiger partial charge in [-0.15, -0.1) is 0 Å². The molecule has 2 aromatic rings. The summed E-state index contributed by atoms with van der Waals surface area (Å²) in [7, 11) is 0. The van der Waals surface area contributed by atoms with Crippen LogP contribution in [0.5, 0.6) is 0 Å². The van der Waals surface area contributed by atoms with Crippen molar-refractivity contribution in [1.29, 1.82) is 0 Å². The first-order chi connectivity index (χ1) is 7.75. The molecular formula is C13H10O3. The predicted octanol–water partition coefficient (Wildman–Crippen LogP) is 2.98. The molecule has 1 saturated heterocycles. The van der Waals surface area contributed by atoms with E-state index < -0.39 is 0 Å². The molecule has 2 heterocycles. The second-order valence-corrected chi connectivity index (χ2v) is 3.89. The Morgan fingerprint density at radius 1 is 1.31 bits per heavy atom. The van der Waals surface area contributed by atoms with Gasteiger partial charge in [0, 0.05) is 22.9 Å². The molecule has 0 radical (unpaired) electrons. The molecule has 1 aromatic heterocycles. The minimum Gasteiger partial charge on any atom is -0.464 e. The number of hydrogen-bond acceptors (Lipinski definition) is 3. The Balaban J connectivity index is 2.07. The molecule has 1 unspecified atom stereocenters. The maximum Gasteiger partial charge on any atom is 0.334 e. The molecule has 16 heavy (non-hydrogen) atoms. The van der Waals surface area contributed by atoms with Gasteiger partial charge in [-0.3, -0.25) is 0 Å². The van der Waals surface area contributed by atoms with E-state index in [2.05, 4.69) is 6.58 Å². The number of rotatable bonds is 1. The molecule has 1 atom stereocenters. The van der Waals surface area contributed by atoms with Crippen LogP contribution in [0.15, 0.2) is 47.1 Å². The highest BCUT2D eigenvalue weighted by Crippen LogP contribution is 2.36. The van der Waals surface area contributed by atoms with Crippen LogP contribution in [0.3, 0.4) is 0 Å². The highest BCUT2D eigenvalue weighted by Gasteiger charge is 2.30. The lowest BCUT2D eigenvalue weighted by Gasteiger charge is -2.05. The third-order valence-electron chi connectivity index (χ3n) is 2.83. The molecule has 3 heteroatoms. The lowest BCUT2D eigenvalue weighted by Crippen LogP contribution is -1.97. The number of ether oxygens (including phenoxy) is 1. The Kier molecular flexibility index (Phi) is 1.86. The van der Waals surface area contributed by atoms with Gasteiger partial charge in [0.2, 0.25) is 0 Å². The molecule has 1 aromatic carbocycles. The van der Waals surface area contributed by atoms with Crippen molar-refractivity contribution in [2.24, 2.45) is 0 Å². The topological polar surface area (TPSA) is 39.4 Å². The molecule has 0 N–H and O–H groups in total. The Labute approximate surface area is 92.3 Å². The summed E-state index contributed by atoms with van der Waals surface area (Å²) in [4.78, 5) is 11.3. The van der Waals surface area contributed by atoms with Gasteiger partial charge in [-0.05, 0) is 6.07 Å². The Morgan fingerprint density at radius 2 is 2.12 bits per heavy atom. The van der Waals surface area contributed by atoms with Crippen molar-refractivity contribution in [2.75, 3.05) is 0 Å². The molecule has 80 valence electrons. The first-order valence-electron chi connectivity index (χ1n) is 5.10. The van der Waals surface area contributed by atoms with Crippen LogP contribution in [0.4, 0.5) is 0 Å². The highest BCUT2D eigenvalue weighted by molar-refractivity contribution is 5.91. The zero-order valence-electron chi connectivity index (χ0n) is 8.60. The lowest BCUT2D eigenvalue weighted by atomic mass is 10.0. The van der Waals surface area contributed by atoms with E-state index in [0.717, 1.165) is 16.5 Å². The van der Waals surface area contributed by atoms with Crippen LogP contribution in [0.1, 0.15) is 18.1 Å². The molecule has 0 saturated carbocycles. The summed E-state index contributed by atoms with van der Waals surface area (Å²) >= 11 is 0. The number of cyclic esters (lactones) is 1. The normalized spacial score (nSPS) is 20.4. The molecule has 3 rings (SSSR count). The van der Waals surface area contributed by atoms with Gasteiger partial charge in [0.25, 0.3) is 0 Å². The van der Waals surface area contributed by atoms with Crippen LogP contribution in [-0.2, 0) is 9.53 Å². The summed E-state index contributed by atoms with van der Waals surface area (Å²) in [6.07, 6.45) is 1.95. The van der Waals surface area contributed by atoms with Crippen molar-refractivity contribution < 1.29 is 13.9 Å². The first kappa shape index (κ1) is 9.21. The standard InChI is InChI=1S/C13H10O3/c1-8-6-12(16-13(8)14)10-7-15-11-5-3-2-4-9(10)11/h2-5,7,12H,1,6H2. The third-order valence-corrected chi connectivity index (χ3v) is 2.83. The maximum atomic E-state index is 11.3. The van der Waals surface area contributed by atoms with Crippen molar-refractivity contribution in [3.63, 3.8) is 0 Å². The largest absolute Gasteiger partial charge is 0.464 e. The predicted molar refractivity (Wildman–Crippen MR) is 58.8 cm³/mol. The number of esters is 1. The summed E-state index contributed by atoms with van der Waals surface area (Å²) in [5, 5.41) is 0.995. The molecule has 1 aliphatic heterocycles. The lowest BCUT2D eigenvalue weighted by molar-refractivity contribution is -0.139. The fraction of sp³-hybridized carbons (Fsp3) is 0.154. The van der Waals surface area contributed by atoms with Crippen LogP contribution in [0.25, 0.3) is 11.0 Å². The number of carbonyl (C=O) groups is 1. The number of hydrogen-bond donors (Lipinski definition) is 0. The van der Waals surface area contributed by atoms with Gasteiger partial charge >= 0.3 is 5.97 Å². The van der Waals surface area contributed by atoms with Crippen molar-refractivity contribution >= 4 is 16.9 Å². The van der Waals surface area contributed by atoms with E-state index in [0.29, 0.717) is 12.0 Å². The van der Waals surface area contributed by atoms with Gasteiger partial charge in [0.1, 0.15) is 11.7 Å². The molecule has 0 spiro atoms. The zero-order valence-corrected chi connectivity index (χ0v) is 8.60. The number of benzene rings is 1. The van der Waals surface area contributed by atoms with Gasteiger partial charge in [0.05, 0.1) is 6.26 Å². The van der Waals surface area contributed by atoms with Crippen molar-refractivity contribution in [2.45, 2.75) is 12.5 Å². The minimum absolute atomic E-state index is 0.247. The van der Waals surface area contributed by atoms with Crippen molar-refractivity contribution in [1.82, 2.24) is 0 Å². The Bertz CT molecular complexity index is 564. The second kappa shape index (κ2) is 3.23. The van der Waals surface area contributed by atoms with Gasteiger partial charge < -0.3 is 9.15 Å². The zero-order chi connectivity index (χ0) is 11.1. The molecule has 1 aliphatic rings. The van der Waals surface area contributed by atoms with E-state index in [1.165, 1.54) is 0 Å². The fourth-order valence-corrected chi connectivity index (χ4v) is 1.98. The van der Waals surface area contributed by atoms with Crippen molar-refractivity contribution in [3.05, 3.63) is 48.2 Å². The van der Waals surface area contributed by atoms with E-state index in [1.807, 2.05) is 24.3 Å². The van der Waals surface area contributed by atoms with E-state index in [9.17, 15) is 4.79 Å². The van der Waals surface area contributed by atoms with E-state index in [1.54, 1.807) is 6.26 Å². The Morgan fingerprint density at radius 3 is 2.88 bits per heavy atom. The van der Waals surface area contributed by atoms with Crippen LogP contribution < -0.4 is 0 Å². The van der Waals surface area contributed by atoms with E-state index >= 15 is 0 Å². The van der Waals surface area contributed by atoms with Gasteiger partial charge in [-0.25, -0.2) is 4.79 Å². The van der Waals surface area contributed by atoms with Gasteiger partial charge in [-0.1, -0.05) is 24.8 Å². The van der Waals surface area contributed by atoms with Crippen LogP contribution in [0.2, 0.25) is 0 Å². The Hall–Kier alpha value is -2.03. The van der Waals surface area contributed by atoms with E-state index in [-0.39, 0.29) is 12.1 Å². The third kappa shape index (κ3) is 1.25. The SMILES string of the molecule is C=C1CC(c2coc3ccccc23)OC1=O. The van der Waals surface area contributed by atoms with E-state index in [4.69, 9.17) is 9.15 Å². The summed E-state index contributed by atoms with van der Waals surface area (Å²) in [5.41, 5.74) is 2.25. The number of carbonyl (C=O) groups excluding carboxylic acids is 1. The molecule has 1 fully saturated rings. The molecule has 0 bridgehead atoms. The average molecular weight is 214 g/mol. The minimum atomic E-state index is -0.310. The van der Waals surface area contributed by atoms with Crippen LogP contribution >= 0.6 is 0 Å². The second-order valence-electron chi connectivity index (χ2n) is 3.89. The van der Waals surface area contributed by atoms with Crippen LogP contribution in [0, 0.1) is 0 Å². The summed E-state index contributed by atoms with van der Waals surface area (Å²) < 4.78 is 10.6. The number of furan rings is 1. The first-order valence-corrected chi connectivity index (χ1v) is 5.10. The smallest absolute Gasteiger partial charge is 0.334 e. The maximum absolute atomic E-state index is 11.3. The summed E-state index contributed by atoms with van der Waals surface area (Å²) in [6.45, 7) is 3.67. The number of para-hydroxylation sites is 1. The molecule has 0 aliphatic carbocycles. The average Bonchev–Trinajstić information content (AvgIpc) is 2.83. The number of fused-ring (bicyclic) bond motifs is 1. The summed E-state index contributed by atoms with van der Waals surface area (Å²) in [6, 6.07) is 7.70. The van der Waals surface area contributed by atoms with Gasteiger partial charge in [-0.2, -0.15) is 0 Å². The summed E-state index contributed by atoms with van der Waals surface area (Å²) in [5.74, 6) is -0.310. The van der Waals surface area contributed by atoms with Crippen molar-refractivity contribution in [3.8, 4) is 0 Å². The molecular weight excluding hydrogens is 204 g/mol. The quantitative estimate of drug-likeness (QED) is 0.541. The van der Waals surface area contributed by atoms with Gasteiger partial charge in [0.15, 0.2) is 0 Å². The molecule has 0 amide bonds. The molecule has 3 nitrogen and oxygen atoms in total. The van der Waals surface area contributed by atoms with Crippen LogP contribution in [-0.4, -0.2) is 5.97 Å². The highest BCUT2D eigenvalue weighted by atomic mass is 16.5. The fourth-order valence-electron chi connectivity index (χ4n) is 1.98.